The minimum absolute atomic E-state index is 0.0942. The van der Waals surface area contributed by atoms with E-state index < -0.39 is 121 Å². The molecule has 6 unspecified atom stereocenters. The van der Waals surface area contributed by atoms with Gasteiger partial charge in [-0.1, -0.05) is 168 Å². The van der Waals surface area contributed by atoms with Crippen molar-refractivity contribution in [1.29, 1.82) is 0 Å². The van der Waals surface area contributed by atoms with Crippen molar-refractivity contribution < 1.29 is 88.5 Å². The molecule has 0 spiro atoms. The Morgan fingerprint density at radius 3 is 1.56 bits per heavy atom. The number of rotatable bonds is 48. The number of hydrogen-bond acceptors (Lipinski definition) is 19. The molecule has 1 aliphatic rings. The number of carbonyl (C=O) groups excluding carboxylic acids is 4. The van der Waals surface area contributed by atoms with Crippen LogP contribution in [0.1, 0.15) is 231 Å². The number of aromatic nitrogens is 2. The molecule has 27 heteroatoms. The molecule has 1 N–H and O–H groups in total. The van der Waals surface area contributed by atoms with Crippen molar-refractivity contribution >= 4 is 54.1 Å². The summed E-state index contributed by atoms with van der Waals surface area (Å²) < 4.78 is 107. The largest absolute Gasteiger partial charge is 0.774 e. The summed E-state index contributed by atoms with van der Waals surface area (Å²) in [4.78, 5) is 101. The van der Waals surface area contributed by atoms with Crippen LogP contribution < -0.4 is 21.0 Å². The van der Waals surface area contributed by atoms with Crippen LogP contribution in [-0.2, 0) is 69.9 Å². The maximum Gasteiger partial charge on any atom is 0.368 e. The Hall–Kier alpha value is -3.07. The van der Waals surface area contributed by atoms with E-state index in [9.17, 15) is 61.0 Å². The van der Waals surface area contributed by atoms with Gasteiger partial charge in [-0.05, 0) is 32.6 Å². The smallest absolute Gasteiger partial charge is 0.368 e. The molecule has 1 aliphatic heterocycles. The summed E-state index contributed by atoms with van der Waals surface area (Å²) in [6.45, 7) is 1.80. The molecular weight excluding hydrogens is 1100 g/mol. The van der Waals surface area contributed by atoms with E-state index in [0.717, 1.165) is 55.9 Å². The van der Waals surface area contributed by atoms with Gasteiger partial charge < -0.3 is 63.8 Å². The third kappa shape index (κ3) is 31.3. The van der Waals surface area contributed by atoms with Crippen LogP contribution in [0, 0.1) is 6.92 Å². The molecule has 21 nitrogen and oxygen atoms in total. The van der Waals surface area contributed by atoms with Gasteiger partial charge in [-0.2, -0.15) is 8.78 Å². The maximum absolute atomic E-state index is 14.9. The van der Waals surface area contributed by atoms with E-state index in [1.807, 2.05) is 0 Å². The molecule has 79 heavy (non-hydrogen) atoms. The molecular formula is C52H88BF2N2O19P3-3. The fourth-order valence-electron chi connectivity index (χ4n) is 8.49. The van der Waals surface area contributed by atoms with Crippen molar-refractivity contribution in [2.24, 2.45) is 0 Å². The fourth-order valence-corrected chi connectivity index (χ4v) is 12.8. The van der Waals surface area contributed by atoms with Crippen LogP contribution in [0.4, 0.5) is 8.78 Å². The monoisotopic (exact) mass is 1190 g/mol. The molecule has 0 bridgehead atoms. The second kappa shape index (κ2) is 40.2. The molecule has 0 amide bonds. The number of halogens is 2. The molecule has 455 valence electrons. The van der Waals surface area contributed by atoms with Crippen LogP contribution in [0.3, 0.4) is 0 Å². The zero-order valence-corrected chi connectivity index (χ0v) is 49.5. The summed E-state index contributed by atoms with van der Waals surface area (Å²) >= 11 is 0. The second-order valence-corrected chi connectivity index (χ2v) is 25.9. The fraction of sp³-hybridized carbons (Fsp3) is 0.846. The number of ether oxygens (including phenoxy) is 5. The van der Waals surface area contributed by atoms with Crippen molar-refractivity contribution in [2.45, 2.75) is 250 Å². The lowest BCUT2D eigenvalue weighted by molar-refractivity contribution is -0.233. The molecule has 1 fully saturated rings. The van der Waals surface area contributed by atoms with E-state index >= 15 is 0 Å². The van der Waals surface area contributed by atoms with Crippen LogP contribution >= 0.6 is 22.7 Å². The van der Waals surface area contributed by atoms with Crippen molar-refractivity contribution in [2.75, 3.05) is 33.0 Å². The Kier molecular flexibility index (Phi) is 36.7. The number of nitrogens with zero attached hydrogens (tertiary/aromatic N) is 1. The summed E-state index contributed by atoms with van der Waals surface area (Å²) in [5.74, 6) is -3.17. The van der Waals surface area contributed by atoms with Gasteiger partial charge in [0.25, 0.3) is 5.56 Å². The van der Waals surface area contributed by atoms with Gasteiger partial charge in [0.15, 0.2) is 6.10 Å². The predicted octanol–water partition coefficient (Wildman–Crippen LogP) is 10.8. The van der Waals surface area contributed by atoms with E-state index in [1.165, 1.54) is 116 Å². The number of hydrogen-bond donors (Lipinski definition) is 1. The average Bonchev–Trinajstić information content (AvgIpc) is 3.97. The van der Waals surface area contributed by atoms with Gasteiger partial charge in [0.2, 0.25) is 15.2 Å². The first-order valence-corrected chi connectivity index (χ1v) is 33.3. The SMILES string of the molecule is [B-]P(=O)(OCC1CCC(n2cc(C)c(=O)[nH]c2=O)O1)OP(=O)([O-])C(F)(F)P(=O)([O-])OCCOC(=O)CCC(=O)OCC(COC(=O)CCCCCCCCCCCCCCC)OC(=O)CCCCCCCCCCCCCCC. The quantitative estimate of drug-likeness (QED) is 0.0208. The zero-order chi connectivity index (χ0) is 58.6. The third-order valence-electron chi connectivity index (χ3n) is 13.1. The number of alkyl halides is 2. The Morgan fingerprint density at radius 1 is 0.646 bits per heavy atom. The normalized spacial score (nSPS) is 17.3. The number of H-pyrrole nitrogens is 1. The number of esters is 4. The first kappa shape index (κ1) is 72.0. The highest BCUT2D eigenvalue weighted by Crippen LogP contribution is 2.75. The highest BCUT2D eigenvalue weighted by atomic mass is 31.3. The Bertz CT molecular complexity index is 2200. The highest BCUT2D eigenvalue weighted by molar-refractivity contribution is 7.85. The molecule has 6 atom stereocenters. The minimum atomic E-state index is -7.06. The summed E-state index contributed by atoms with van der Waals surface area (Å²) in [5, 5.41) is -5.87. The molecule has 2 rings (SSSR count). The van der Waals surface area contributed by atoms with Gasteiger partial charge in [-0.15, -0.1) is 0 Å². The van der Waals surface area contributed by atoms with Gasteiger partial charge in [-0.3, -0.25) is 37.8 Å². The molecule has 0 aromatic carbocycles. The van der Waals surface area contributed by atoms with E-state index in [0.29, 0.717) is 12.8 Å². The number of aromatic amines is 1. The van der Waals surface area contributed by atoms with E-state index in [1.54, 1.807) is 0 Å². The molecule has 0 saturated carbocycles. The van der Waals surface area contributed by atoms with Gasteiger partial charge >= 0.3 is 35.0 Å². The second-order valence-electron chi connectivity index (χ2n) is 20.2. The van der Waals surface area contributed by atoms with E-state index in [2.05, 4.69) is 27.7 Å². The minimum Gasteiger partial charge on any atom is -0.774 e. The lowest BCUT2D eigenvalue weighted by Gasteiger charge is -2.42. The Balaban J connectivity index is 1.78. The van der Waals surface area contributed by atoms with Gasteiger partial charge in [0.1, 0.15) is 26.0 Å². The van der Waals surface area contributed by atoms with Gasteiger partial charge in [0.05, 0.1) is 39.6 Å². The Morgan fingerprint density at radius 2 is 1.08 bits per heavy atom. The van der Waals surface area contributed by atoms with Crippen molar-refractivity contribution in [3.05, 3.63) is 32.6 Å². The van der Waals surface area contributed by atoms with Crippen LogP contribution in [0.5, 0.6) is 0 Å². The number of aryl methyl sites for hydroxylation is 1. The molecule has 1 saturated heterocycles. The predicted molar refractivity (Wildman–Crippen MR) is 288 cm³/mol. The molecule has 1 aromatic heterocycles. The lowest BCUT2D eigenvalue weighted by atomic mass is 10.0. The summed E-state index contributed by atoms with van der Waals surface area (Å²) in [6, 6.07) is 0. The number of unbranched alkanes of at least 4 members (excludes halogenated alkanes) is 24. The third-order valence-corrected chi connectivity index (χ3v) is 18.7. The van der Waals surface area contributed by atoms with Crippen LogP contribution in [-0.4, -0.2) is 91.6 Å². The van der Waals surface area contributed by atoms with E-state index in [-0.39, 0.29) is 37.9 Å². The summed E-state index contributed by atoms with van der Waals surface area (Å²) in [5.41, 5.74) is -1.26. The highest BCUT2D eigenvalue weighted by Gasteiger charge is 2.54. The van der Waals surface area contributed by atoms with Crippen molar-refractivity contribution in [1.82, 2.24) is 9.55 Å². The van der Waals surface area contributed by atoms with Gasteiger partial charge in [0, 0.05) is 24.6 Å². The number of carbonyl (C=O) groups is 4. The molecule has 3 radical (unpaired) electrons. The molecule has 1 aromatic rings. The summed E-state index contributed by atoms with van der Waals surface area (Å²) in [6.07, 6.45) is 26.9. The van der Waals surface area contributed by atoms with Gasteiger partial charge in [-0.25, -0.2) is 4.79 Å². The van der Waals surface area contributed by atoms with Crippen molar-refractivity contribution in [3.8, 4) is 0 Å². The first-order chi connectivity index (χ1) is 37.5. The summed E-state index contributed by atoms with van der Waals surface area (Å²) in [7, 11) is -14.1. The Labute approximate surface area is 466 Å². The van der Waals surface area contributed by atoms with Crippen LogP contribution in [0.25, 0.3) is 0 Å². The molecule has 2 heterocycles. The maximum atomic E-state index is 14.9. The van der Waals surface area contributed by atoms with Crippen LogP contribution in [0.15, 0.2) is 15.8 Å². The molecule has 0 aliphatic carbocycles. The lowest BCUT2D eigenvalue weighted by Crippen LogP contribution is -2.33. The van der Waals surface area contributed by atoms with E-state index in [4.69, 9.17) is 35.8 Å². The number of nitrogens with one attached hydrogen (secondary N) is 1. The van der Waals surface area contributed by atoms with Crippen molar-refractivity contribution in [3.63, 3.8) is 0 Å². The standard InChI is InChI=1S/C52H90BF2N2O19P3/c1-4-6-8-10-12-14-16-18-20-22-24-26-28-30-46(58)70-39-44(75-49(61)31-29-27-25-23-21-19-17-15-13-11-9-7-5-2)40-71-48(60)35-34-47(59)69-36-37-72-77(64,65)52(54,55)78(66,67)76-79(53,68)73-41-43-32-33-45(74-43)57-38-42(3)50(62)56-51(57)63/h38,43-45H,4-37,39-41H2,1-3H3,(H,64,65)(H,66,67)(H,56,62,63)/q-1/p-2. The average molecular weight is 1190 g/mol. The first-order valence-electron chi connectivity index (χ1n) is 28.6. The topological polar surface area (TPSA) is 294 Å². The van der Waals surface area contributed by atoms with Crippen LogP contribution in [0.2, 0.25) is 0 Å². The zero-order valence-electron chi connectivity index (χ0n) is 46.9.